The van der Waals surface area contributed by atoms with E-state index in [2.05, 4.69) is 15.6 Å². The number of phenolic OH excluding ortho intramolecular Hbond substituents is 1. The maximum absolute atomic E-state index is 9.19. The summed E-state index contributed by atoms with van der Waals surface area (Å²) in [5.41, 5.74) is 2.25. The molecule has 0 atom stereocenters. The van der Waals surface area contributed by atoms with Gasteiger partial charge >= 0.3 is 0 Å². The molecule has 4 heteroatoms. The summed E-state index contributed by atoms with van der Waals surface area (Å²) in [5.74, 6) is 1.16. The molecular formula is C14H17N3O. The summed E-state index contributed by atoms with van der Waals surface area (Å²) in [4.78, 5) is 4.15. The summed E-state index contributed by atoms with van der Waals surface area (Å²) in [5, 5.41) is 15.5. The fourth-order valence-electron chi connectivity index (χ4n) is 1.69. The average molecular weight is 243 g/mol. The molecule has 0 saturated carbocycles. The minimum Gasteiger partial charge on any atom is -0.508 e. The molecule has 0 radical (unpaired) electrons. The van der Waals surface area contributed by atoms with Gasteiger partial charge in [-0.25, -0.2) is 4.98 Å². The second-order valence-corrected chi connectivity index (χ2v) is 4.02. The van der Waals surface area contributed by atoms with E-state index >= 15 is 0 Å². The molecule has 0 aliphatic carbocycles. The first-order valence-electron chi connectivity index (χ1n) is 5.93. The lowest BCUT2D eigenvalue weighted by atomic mass is 10.1. The third-order valence-electron chi connectivity index (χ3n) is 2.70. The summed E-state index contributed by atoms with van der Waals surface area (Å²) < 4.78 is 0. The van der Waals surface area contributed by atoms with E-state index in [4.69, 9.17) is 0 Å². The molecule has 3 N–H and O–H groups in total. The molecule has 0 spiro atoms. The second-order valence-electron chi connectivity index (χ2n) is 4.02. The lowest BCUT2D eigenvalue weighted by Crippen LogP contribution is -2.05. The van der Waals surface area contributed by atoms with Gasteiger partial charge in [-0.15, -0.1) is 0 Å². The molecule has 0 amide bonds. The third kappa shape index (κ3) is 3.38. The summed E-state index contributed by atoms with van der Waals surface area (Å²) in [6.07, 6.45) is 2.69. The number of nitrogens with zero attached hydrogens (tertiary/aromatic N) is 1. The fourth-order valence-corrected chi connectivity index (χ4v) is 1.69. The van der Waals surface area contributed by atoms with Crippen LogP contribution in [0.2, 0.25) is 0 Å². The van der Waals surface area contributed by atoms with Gasteiger partial charge in [-0.3, -0.25) is 0 Å². The van der Waals surface area contributed by atoms with E-state index < -0.39 is 0 Å². The van der Waals surface area contributed by atoms with Crippen LogP contribution in [-0.2, 0) is 6.42 Å². The Kier molecular flexibility index (Phi) is 4.02. The Morgan fingerprint density at radius 3 is 2.67 bits per heavy atom. The molecule has 0 unspecified atom stereocenters. The van der Waals surface area contributed by atoms with E-state index in [9.17, 15) is 5.11 Å². The highest BCUT2D eigenvalue weighted by molar-refractivity contribution is 5.51. The van der Waals surface area contributed by atoms with Gasteiger partial charge in [-0.1, -0.05) is 12.1 Å². The first-order chi connectivity index (χ1) is 8.78. The van der Waals surface area contributed by atoms with Crippen molar-refractivity contribution in [2.24, 2.45) is 0 Å². The smallest absolute Gasteiger partial charge is 0.127 e. The van der Waals surface area contributed by atoms with Crippen molar-refractivity contribution in [2.75, 3.05) is 24.2 Å². The lowest BCUT2D eigenvalue weighted by Gasteiger charge is -2.07. The zero-order valence-electron chi connectivity index (χ0n) is 10.4. The van der Waals surface area contributed by atoms with E-state index in [0.717, 1.165) is 24.5 Å². The number of pyridine rings is 1. The van der Waals surface area contributed by atoms with Gasteiger partial charge in [-0.05, 0) is 30.2 Å². The van der Waals surface area contributed by atoms with Crippen LogP contribution < -0.4 is 10.6 Å². The molecule has 1 heterocycles. The van der Waals surface area contributed by atoms with Gasteiger partial charge in [0.15, 0.2) is 0 Å². The number of nitrogens with one attached hydrogen (secondary N) is 2. The van der Waals surface area contributed by atoms with Crippen molar-refractivity contribution in [3.63, 3.8) is 0 Å². The number of hydrogen-bond donors (Lipinski definition) is 3. The van der Waals surface area contributed by atoms with Gasteiger partial charge < -0.3 is 15.7 Å². The van der Waals surface area contributed by atoms with Crippen molar-refractivity contribution in [1.82, 2.24) is 4.98 Å². The Morgan fingerprint density at radius 1 is 1.17 bits per heavy atom. The van der Waals surface area contributed by atoms with Crippen LogP contribution in [0.15, 0.2) is 42.6 Å². The maximum atomic E-state index is 9.19. The highest BCUT2D eigenvalue weighted by atomic mass is 16.3. The van der Waals surface area contributed by atoms with Crippen LogP contribution in [0.25, 0.3) is 0 Å². The molecular weight excluding hydrogens is 226 g/mol. The van der Waals surface area contributed by atoms with Gasteiger partial charge in [0.2, 0.25) is 0 Å². The van der Waals surface area contributed by atoms with Crippen LogP contribution in [-0.4, -0.2) is 23.7 Å². The molecule has 4 nitrogen and oxygen atoms in total. The molecule has 18 heavy (non-hydrogen) atoms. The first-order valence-corrected chi connectivity index (χ1v) is 5.93. The molecule has 1 aromatic heterocycles. The molecule has 2 rings (SSSR count). The van der Waals surface area contributed by atoms with Crippen molar-refractivity contribution >= 4 is 11.5 Å². The van der Waals surface area contributed by atoms with Crippen LogP contribution in [0, 0.1) is 0 Å². The van der Waals surface area contributed by atoms with E-state index in [1.54, 1.807) is 18.3 Å². The number of aromatic hydroxyl groups is 1. The van der Waals surface area contributed by atoms with E-state index in [0.29, 0.717) is 5.75 Å². The van der Waals surface area contributed by atoms with Gasteiger partial charge in [0, 0.05) is 31.5 Å². The normalized spacial score (nSPS) is 10.1. The number of anilines is 2. The lowest BCUT2D eigenvalue weighted by molar-refractivity contribution is 0.475. The van der Waals surface area contributed by atoms with Crippen LogP contribution in [0.1, 0.15) is 5.56 Å². The average Bonchev–Trinajstić information content (AvgIpc) is 2.41. The van der Waals surface area contributed by atoms with Crippen LogP contribution in [0.5, 0.6) is 5.75 Å². The maximum Gasteiger partial charge on any atom is 0.127 e. The van der Waals surface area contributed by atoms with Crippen molar-refractivity contribution in [2.45, 2.75) is 6.42 Å². The summed E-state index contributed by atoms with van der Waals surface area (Å²) in [6.45, 7) is 0.845. The topological polar surface area (TPSA) is 57.2 Å². The summed E-state index contributed by atoms with van der Waals surface area (Å²) in [7, 11) is 1.85. The van der Waals surface area contributed by atoms with Crippen molar-refractivity contribution in [3.05, 3.63) is 48.2 Å². The number of aromatic nitrogens is 1. The van der Waals surface area contributed by atoms with Crippen LogP contribution in [0.3, 0.4) is 0 Å². The monoisotopic (exact) mass is 243 g/mol. The van der Waals surface area contributed by atoms with Gasteiger partial charge in [0.1, 0.15) is 11.6 Å². The quantitative estimate of drug-likeness (QED) is 0.755. The number of rotatable bonds is 5. The highest BCUT2D eigenvalue weighted by Gasteiger charge is 1.96. The van der Waals surface area contributed by atoms with E-state index in [-0.39, 0.29) is 0 Å². The molecule has 0 aliphatic heterocycles. The zero-order valence-corrected chi connectivity index (χ0v) is 10.4. The number of hydrogen-bond acceptors (Lipinski definition) is 4. The van der Waals surface area contributed by atoms with Crippen molar-refractivity contribution in [3.8, 4) is 5.75 Å². The highest BCUT2D eigenvalue weighted by Crippen LogP contribution is 2.12. The Bertz CT molecular complexity index is 497. The van der Waals surface area contributed by atoms with Gasteiger partial charge in [0.25, 0.3) is 0 Å². The van der Waals surface area contributed by atoms with Crippen molar-refractivity contribution < 1.29 is 5.11 Å². The van der Waals surface area contributed by atoms with Gasteiger partial charge in [0.05, 0.1) is 0 Å². The van der Waals surface area contributed by atoms with Crippen LogP contribution >= 0.6 is 0 Å². The Morgan fingerprint density at radius 2 is 1.94 bits per heavy atom. The standard InChI is InChI=1S/C14H17N3O/c1-15-14-10-12(7-9-17-14)16-8-6-11-2-4-13(18)5-3-11/h2-5,7,9-10,18H,6,8H2,1H3,(H2,15,16,17). The minimum absolute atomic E-state index is 0.305. The molecule has 0 aliphatic rings. The number of phenols is 1. The Hall–Kier alpha value is -2.23. The fraction of sp³-hybridized carbons (Fsp3) is 0.214. The van der Waals surface area contributed by atoms with E-state index in [1.165, 1.54) is 5.56 Å². The Labute approximate surface area is 107 Å². The summed E-state index contributed by atoms with van der Waals surface area (Å²) in [6, 6.07) is 11.2. The number of benzene rings is 1. The summed E-state index contributed by atoms with van der Waals surface area (Å²) >= 11 is 0. The van der Waals surface area contributed by atoms with Crippen LogP contribution in [0.4, 0.5) is 11.5 Å². The third-order valence-corrected chi connectivity index (χ3v) is 2.70. The largest absolute Gasteiger partial charge is 0.508 e. The molecule has 0 bridgehead atoms. The van der Waals surface area contributed by atoms with Crippen molar-refractivity contribution in [1.29, 1.82) is 0 Å². The molecule has 0 saturated heterocycles. The molecule has 0 fully saturated rings. The molecule has 2 aromatic rings. The molecule has 1 aromatic carbocycles. The predicted octanol–water partition coefficient (Wildman–Crippen LogP) is 2.48. The molecule has 94 valence electrons. The SMILES string of the molecule is CNc1cc(NCCc2ccc(O)cc2)ccn1. The second kappa shape index (κ2) is 5.91. The Balaban J connectivity index is 1.86. The zero-order chi connectivity index (χ0) is 12.8. The van der Waals surface area contributed by atoms with E-state index in [1.807, 2.05) is 31.3 Å². The first kappa shape index (κ1) is 12.2. The minimum atomic E-state index is 0.305. The van der Waals surface area contributed by atoms with Gasteiger partial charge in [-0.2, -0.15) is 0 Å². The predicted molar refractivity (Wildman–Crippen MR) is 74.1 cm³/mol.